The van der Waals surface area contributed by atoms with Crippen molar-refractivity contribution in [1.29, 1.82) is 5.26 Å². The van der Waals surface area contributed by atoms with Gasteiger partial charge in [0.2, 0.25) is 0 Å². The molecule has 0 heterocycles. The molecule has 0 bridgehead atoms. The predicted molar refractivity (Wildman–Crippen MR) is 57.9 cm³/mol. The molecule has 1 atom stereocenters. The van der Waals surface area contributed by atoms with Gasteiger partial charge in [0.05, 0.1) is 17.3 Å². The van der Waals surface area contributed by atoms with Crippen LogP contribution in [0.1, 0.15) is 12.5 Å². The molecule has 0 aliphatic rings. The standard InChI is InChI=1S/C10H12N2OS/c1-3-14(2,13)12-10-6-4-5-9(7-10)8-11/h4-7H,3H2,1-2H3/t14-/m1/s1. The third-order valence-electron chi connectivity index (χ3n) is 1.81. The lowest BCUT2D eigenvalue weighted by atomic mass is 10.2. The molecule has 0 amide bonds. The minimum absolute atomic E-state index is 0.518. The quantitative estimate of drug-likeness (QED) is 0.748. The Kier molecular flexibility index (Phi) is 3.26. The van der Waals surface area contributed by atoms with Gasteiger partial charge in [0, 0.05) is 21.7 Å². The molecular weight excluding hydrogens is 196 g/mol. The van der Waals surface area contributed by atoms with Crippen LogP contribution in [-0.4, -0.2) is 16.2 Å². The fraction of sp³-hybridized carbons (Fsp3) is 0.300. The van der Waals surface area contributed by atoms with E-state index in [0.717, 1.165) is 0 Å². The van der Waals surface area contributed by atoms with Gasteiger partial charge >= 0.3 is 0 Å². The number of hydrogen-bond acceptors (Lipinski definition) is 3. The van der Waals surface area contributed by atoms with Crippen molar-refractivity contribution in [3.8, 4) is 6.07 Å². The molecular formula is C10H12N2OS. The Morgan fingerprint density at radius 1 is 1.57 bits per heavy atom. The van der Waals surface area contributed by atoms with Gasteiger partial charge in [-0.25, -0.2) is 4.21 Å². The lowest BCUT2D eigenvalue weighted by Gasteiger charge is -1.99. The summed E-state index contributed by atoms with van der Waals surface area (Å²) in [5, 5.41) is 8.65. The van der Waals surface area contributed by atoms with Gasteiger partial charge in [-0.2, -0.15) is 9.62 Å². The minimum atomic E-state index is -2.13. The lowest BCUT2D eigenvalue weighted by molar-refractivity contribution is 0.681. The van der Waals surface area contributed by atoms with Crippen molar-refractivity contribution in [1.82, 2.24) is 0 Å². The van der Waals surface area contributed by atoms with E-state index in [9.17, 15) is 4.21 Å². The molecule has 1 aromatic rings. The normalized spacial score (nSPS) is 14.1. The second-order valence-corrected chi connectivity index (χ2v) is 5.68. The summed E-state index contributed by atoms with van der Waals surface area (Å²) in [5.74, 6) is 0.518. The van der Waals surface area contributed by atoms with Crippen LogP contribution < -0.4 is 0 Å². The van der Waals surface area contributed by atoms with Crippen LogP contribution in [0.15, 0.2) is 28.6 Å². The molecule has 0 radical (unpaired) electrons. The molecule has 3 nitrogen and oxygen atoms in total. The summed E-state index contributed by atoms with van der Waals surface area (Å²) in [5.41, 5.74) is 1.15. The van der Waals surface area contributed by atoms with Crippen LogP contribution >= 0.6 is 0 Å². The van der Waals surface area contributed by atoms with E-state index in [2.05, 4.69) is 4.36 Å². The van der Waals surface area contributed by atoms with Gasteiger partial charge in [-0.05, 0) is 18.2 Å². The highest BCUT2D eigenvalue weighted by molar-refractivity contribution is 7.93. The fourth-order valence-corrected chi connectivity index (χ4v) is 1.61. The summed E-state index contributed by atoms with van der Waals surface area (Å²) in [7, 11) is -2.13. The van der Waals surface area contributed by atoms with Crippen molar-refractivity contribution in [3.05, 3.63) is 29.8 Å². The van der Waals surface area contributed by atoms with Crippen molar-refractivity contribution < 1.29 is 4.21 Å². The molecule has 0 spiro atoms. The minimum Gasteiger partial charge on any atom is -0.250 e. The third-order valence-corrected chi connectivity index (χ3v) is 3.48. The number of nitriles is 1. The van der Waals surface area contributed by atoms with E-state index in [1.165, 1.54) is 0 Å². The first-order chi connectivity index (χ1) is 6.57. The van der Waals surface area contributed by atoms with Crippen LogP contribution in [0.5, 0.6) is 0 Å². The Labute approximate surface area is 84.6 Å². The summed E-state index contributed by atoms with van der Waals surface area (Å²) in [6, 6.07) is 8.84. The van der Waals surface area contributed by atoms with Crippen LogP contribution in [0.3, 0.4) is 0 Å². The van der Waals surface area contributed by atoms with Crippen LogP contribution in [0.4, 0.5) is 5.69 Å². The highest BCUT2D eigenvalue weighted by atomic mass is 32.2. The van der Waals surface area contributed by atoms with Crippen molar-refractivity contribution >= 4 is 15.4 Å². The van der Waals surface area contributed by atoms with Crippen LogP contribution in [0, 0.1) is 11.3 Å². The molecule has 74 valence electrons. The number of hydrogen-bond donors (Lipinski definition) is 0. The average Bonchev–Trinajstić information content (AvgIpc) is 2.17. The molecule has 0 fully saturated rings. The molecule has 14 heavy (non-hydrogen) atoms. The van der Waals surface area contributed by atoms with E-state index in [1.54, 1.807) is 30.5 Å². The van der Waals surface area contributed by atoms with Crippen molar-refractivity contribution in [2.75, 3.05) is 12.0 Å². The summed E-state index contributed by atoms with van der Waals surface area (Å²) in [4.78, 5) is 0. The topological polar surface area (TPSA) is 53.2 Å². The van der Waals surface area contributed by atoms with Gasteiger partial charge in [-0.1, -0.05) is 13.0 Å². The molecule has 0 aromatic heterocycles. The summed E-state index contributed by atoms with van der Waals surface area (Å²) >= 11 is 0. The first-order valence-electron chi connectivity index (χ1n) is 4.27. The first-order valence-corrected chi connectivity index (χ1v) is 6.36. The molecule has 0 aliphatic carbocycles. The van der Waals surface area contributed by atoms with E-state index >= 15 is 0 Å². The summed E-state index contributed by atoms with van der Waals surface area (Å²) < 4.78 is 15.8. The monoisotopic (exact) mass is 208 g/mol. The van der Waals surface area contributed by atoms with Crippen LogP contribution in [-0.2, 0) is 9.73 Å². The van der Waals surface area contributed by atoms with Gasteiger partial charge in [0.15, 0.2) is 0 Å². The highest BCUT2D eigenvalue weighted by Crippen LogP contribution is 2.15. The Balaban J connectivity index is 3.18. The smallest absolute Gasteiger partial charge is 0.0992 e. The van der Waals surface area contributed by atoms with E-state index in [0.29, 0.717) is 17.0 Å². The summed E-state index contributed by atoms with van der Waals surface area (Å²) in [6.07, 6.45) is 1.62. The molecule has 1 aromatic carbocycles. The van der Waals surface area contributed by atoms with Crippen LogP contribution in [0.25, 0.3) is 0 Å². The Hall–Kier alpha value is -1.34. The Morgan fingerprint density at radius 2 is 2.29 bits per heavy atom. The summed E-state index contributed by atoms with van der Waals surface area (Å²) in [6.45, 7) is 1.83. The van der Waals surface area contributed by atoms with Crippen molar-refractivity contribution in [3.63, 3.8) is 0 Å². The van der Waals surface area contributed by atoms with Crippen molar-refractivity contribution in [2.24, 2.45) is 4.36 Å². The average molecular weight is 208 g/mol. The molecule has 4 heteroatoms. The maximum Gasteiger partial charge on any atom is 0.0992 e. The predicted octanol–water partition coefficient (Wildman–Crippen LogP) is 2.31. The van der Waals surface area contributed by atoms with Gasteiger partial charge in [0.1, 0.15) is 0 Å². The number of nitrogens with zero attached hydrogens (tertiary/aromatic N) is 2. The van der Waals surface area contributed by atoms with Crippen LogP contribution in [0.2, 0.25) is 0 Å². The SMILES string of the molecule is CC[S@@](C)(=O)=Nc1cccc(C#N)c1. The lowest BCUT2D eigenvalue weighted by Crippen LogP contribution is -1.97. The number of rotatable bonds is 2. The third kappa shape index (κ3) is 2.86. The largest absolute Gasteiger partial charge is 0.250 e. The molecule has 0 unspecified atom stereocenters. The molecule has 1 rings (SSSR count). The van der Waals surface area contributed by atoms with E-state index in [4.69, 9.17) is 5.26 Å². The maximum absolute atomic E-state index is 11.7. The second-order valence-electron chi connectivity index (χ2n) is 3.00. The Bertz CT molecular complexity index is 479. The van der Waals surface area contributed by atoms with Gasteiger partial charge in [-0.15, -0.1) is 0 Å². The highest BCUT2D eigenvalue weighted by Gasteiger charge is 1.98. The molecule has 0 saturated heterocycles. The van der Waals surface area contributed by atoms with E-state index in [-0.39, 0.29) is 0 Å². The molecule has 0 aliphatic heterocycles. The number of benzene rings is 1. The first kappa shape index (κ1) is 10.7. The van der Waals surface area contributed by atoms with E-state index in [1.807, 2.05) is 13.0 Å². The zero-order valence-electron chi connectivity index (χ0n) is 8.23. The molecule has 0 N–H and O–H groups in total. The zero-order valence-corrected chi connectivity index (χ0v) is 9.04. The maximum atomic E-state index is 11.7. The fourth-order valence-electron chi connectivity index (χ4n) is 0.920. The Morgan fingerprint density at radius 3 is 2.86 bits per heavy atom. The second kappa shape index (κ2) is 4.25. The van der Waals surface area contributed by atoms with E-state index < -0.39 is 9.73 Å². The zero-order chi connectivity index (χ0) is 10.6. The van der Waals surface area contributed by atoms with Crippen molar-refractivity contribution in [2.45, 2.75) is 6.92 Å². The van der Waals surface area contributed by atoms with Gasteiger partial charge in [-0.3, -0.25) is 0 Å². The van der Waals surface area contributed by atoms with Gasteiger partial charge in [0.25, 0.3) is 0 Å². The van der Waals surface area contributed by atoms with Gasteiger partial charge < -0.3 is 0 Å². The molecule has 0 saturated carbocycles.